The van der Waals surface area contributed by atoms with Gasteiger partial charge in [-0.1, -0.05) is 18.2 Å². The van der Waals surface area contributed by atoms with Crippen molar-refractivity contribution in [1.29, 1.82) is 5.26 Å². The number of thiophene rings is 1. The summed E-state index contributed by atoms with van der Waals surface area (Å²) in [5.41, 5.74) is 0. The van der Waals surface area contributed by atoms with Crippen molar-refractivity contribution in [3.8, 4) is 6.19 Å². The molecule has 1 aromatic heterocycles. The number of benzene rings is 1. The number of nitrogens with zero attached hydrogens (tertiary/aromatic N) is 2. The first-order valence-electron chi connectivity index (χ1n) is 6.23. The smallest absolute Gasteiger partial charge is 0.242 e. The van der Waals surface area contributed by atoms with E-state index in [2.05, 4.69) is 4.72 Å². The van der Waals surface area contributed by atoms with Gasteiger partial charge in [-0.3, -0.25) is 0 Å². The minimum absolute atomic E-state index is 0.196. The van der Waals surface area contributed by atoms with Gasteiger partial charge in [0.15, 0.2) is 6.19 Å². The highest BCUT2D eigenvalue weighted by Crippen LogP contribution is 2.29. The number of nitriles is 1. The highest BCUT2D eigenvalue weighted by Gasteiger charge is 2.28. The second-order valence-electron chi connectivity index (χ2n) is 4.75. The molecule has 0 amide bonds. The fourth-order valence-electron chi connectivity index (χ4n) is 2.39. The molecule has 1 aromatic carbocycles. The molecule has 104 valence electrons. The first-order chi connectivity index (χ1) is 9.60. The van der Waals surface area contributed by atoms with Gasteiger partial charge in [-0.2, -0.15) is 5.26 Å². The topological polar surface area (TPSA) is 73.2 Å². The number of hydrogen-bond acceptors (Lipinski definition) is 5. The summed E-state index contributed by atoms with van der Waals surface area (Å²) in [6, 6.07) is 7.26. The van der Waals surface area contributed by atoms with E-state index in [4.69, 9.17) is 5.26 Å². The van der Waals surface area contributed by atoms with Crippen LogP contribution in [0.5, 0.6) is 0 Å². The van der Waals surface area contributed by atoms with E-state index in [1.165, 1.54) is 11.3 Å². The molecule has 0 radical (unpaired) electrons. The Kier molecular flexibility index (Phi) is 3.38. The number of sulfonamides is 1. The van der Waals surface area contributed by atoms with Crippen LogP contribution in [0.3, 0.4) is 0 Å². The summed E-state index contributed by atoms with van der Waals surface area (Å²) in [5.74, 6) is 0. The summed E-state index contributed by atoms with van der Waals surface area (Å²) < 4.78 is 28.6. The molecule has 7 heteroatoms. The van der Waals surface area contributed by atoms with Crippen LogP contribution in [-0.2, 0) is 10.0 Å². The second kappa shape index (κ2) is 5.05. The molecule has 0 saturated carbocycles. The Hall–Kier alpha value is -1.62. The Morgan fingerprint density at radius 3 is 2.95 bits per heavy atom. The first-order valence-corrected chi connectivity index (χ1v) is 8.60. The highest BCUT2D eigenvalue weighted by molar-refractivity contribution is 7.90. The van der Waals surface area contributed by atoms with E-state index in [0.29, 0.717) is 24.4 Å². The quantitative estimate of drug-likeness (QED) is 0.877. The summed E-state index contributed by atoms with van der Waals surface area (Å²) in [6.07, 6.45) is 2.71. The number of nitrogens with one attached hydrogen (secondary N) is 1. The molecule has 1 atom stereocenters. The Balaban J connectivity index is 1.87. The molecule has 5 nitrogen and oxygen atoms in total. The van der Waals surface area contributed by atoms with Gasteiger partial charge in [-0.25, -0.2) is 13.1 Å². The van der Waals surface area contributed by atoms with Gasteiger partial charge in [-0.05, 0) is 12.5 Å². The number of likely N-dealkylation sites (tertiary alicyclic amines) is 1. The van der Waals surface area contributed by atoms with E-state index < -0.39 is 10.0 Å². The van der Waals surface area contributed by atoms with Crippen LogP contribution in [0.4, 0.5) is 0 Å². The van der Waals surface area contributed by atoms with Crippen molar-refractivity contribution in [3.63, 3.8) is 0 Å². The van der Waals surface area contributed by atoms with Crippen LogP contribution in [0.2, 0.25) is 0 Å². The SMILES string of the molecule is N#CN1CC[C@@H](NS(=O)(=O)c2csc3ccccc23)C1. The molecule has 1 aliphatic rings. The maximum atomic E-state index is 12.5. The molecular weight excluding hydrogens is 294 g/mol. The van der Waals surface area contributed by atoms with Crippen molar-refractivity contribution < 1.29 is 8.42 Å². The van der Waals surface area contributed by atoms with Crippen molar-refractivity contribution in [2.45, 2.75) is 17.4 Å². The van der Waals surface area contributed by atoms with Crippen LogP contribution < -0.4 is 4.72 Å². The third kappa shape index (κ3) is 2.38. The van der Waals surface area contributed by atoms with Crippen LogP contribution in [0.1, 0.15) is 6.42 Å². The van der Waals surface area contributed by atoms with Crippen molar-refractivity contribution in [3.05, 3.63) is 29.6 Å². The molecule has 1 N–H and O–H groups in total. The predicted octanol–water partition coefficient (Wildman–Crippen LogP) is 1.73. The van der Waals surface area contributed by atoms with Gasteiger partial charge in [0.25, 0.3) is 0 Å². The molecule has 2 heterocycles. The van der Waals surface area contributed by atoms with E-state index >= 15 is 0 Å². The molecular formula is C13H13N3O2S2. The van der Waals surface area contributed by atoms with Gasteiger partial charge >= 0.3 is 0 Å². The predicted molar refractivity (Wildman–Crippen MR) is 77.7 cm³/mol. The van der Waals surface area contributed by atoms with E-state index in [0.717, 1.165) is 10.1 Å². The molecule has 20 heavy (non-hydrogen) atoms. The van der Waals surface area contributed by atoms with Crippen molar-refractivity contribution >= 4 is 31.4 Å². The summed E-state index contributed by atoms with van der Waals surface area (Å²) in [7, 11) is -3.53. The lowest BCUT2D eigenvalue weighted by molar-refractivity contribution is 0.470. The van der Waals surface area contributed by atoms with Crippen molar-refractivity contribution in [2.24, 2.45) is 0 Å². The largest absolute Gasteiger partial charge is 0.309 e. The molecule has 0 spiro atoms. The van der Waals surface area contributed by atoms with Gasteiger partial charge in [0.05, 0.1) is 0 Å². The van der Waals surface area contributed by atoms with Crippen LogP contribution >= 0.6 is 11.3 Å². The third-order valence-electron chi connectivity index (χ3n) is 3.39. The van der Waals surface area contributed by atoms with Gasteiger partial charge < -0.3 is 4.90 Å². The summed E-state index contributed by atoms with van der Waals surface area (Å²) in [5, 5.41) is 11.2. The van der Waals surface area contributed by atoms with E-state index in [1.54, 1.807) is 10.3 Å². The fraction of sp³-hybridized carbons (Fsp3) is 0.308. The van der Waals surface area contributed by atoms with Crippen LogP contribution in [-0.4, -0.2) is 32.4 Å². The second-order valence-corrected chi connectivity index (χ2v) is 7.34. The van der Waals surface area contributed by atoms with Crippen molar-refractivity contribution in [2.75, 3.05) is 13.1 Å². The molecule has 0 unspecified atom stereocenters. The minimum atomic E-state index is -3.53. The van der Waals surface area contributed by atoms with Gasteiger partial charge in [0.1, 0.15) is 4.90 Å². The van der Waals surface area contributed by atoms with Crippen molar-refractivity contribution in [1.82, 2.24) is 9.62 Å². The lowest BCUT2D eigenvalue weighted by Gasteiger charge is -2.12. The zero-order valence-corrected chi connectivity index (χ0v) is 12.2. The van der Waals surface area contributed by atoms with Crippen LogP contribution in [0.15, 0.2) is 34.5 Å². The monoisotopic (exact) mass is 307 g/mol. The van der Waals surface area contributed by atoms with Crippen LogP contribution in [0.25, 0.3) is 10.1 Å². The van der Waals surface area contributed by atoms with E-state index in [-0.39, 0.29) is 6.04 Å². The highest BCUT2D eigenvalue weighted by atomic mass is 32.2. The Labute approximate surface area is 121 Å². The first kappa shape index (κ1) is 13.4. The minimum Gasteiger partial charge on any atom is -0.309 e. The summed E-state index contributed by atoms with van der Waals surface area (Å²) in [6.45, 7) is 1.05. The number of hydrogen-bond donors (Lipinski definition) is 1. The Morgan fingerprint density at radius 1 is 1.40 bits per heavy atom. The fourth-order valence-corrected chi connectivity index (χ4v) is 5.16. The Morgan fingerprint density at radius 2 is 2.20 bits per heavy atom. The molecule has 0 aliphatic carbocycles. The summed E-state index contributed by atoms with van der Waals surface area (Å²) in [4.78, 5) is 1.90. The van der Waals surface area contributed by atoms with Gasteiger partial charge in [0.2, 0.25) is 10.0 Å². The molecule has 2 aromatic rings. The normalized spacial score (nSPS) is 19.4. The average molecular weight is 307 g/mol. The van der Waals surface area contributed by atoms with Gasteiger partial charge in [0, 0.05) is 34.6 Å². The molecule has 1 aliphatic heterocycles. The molecule has 3 rings (SSSR count). The zero-order chi connectivity index (χ0) is 14.2. The average Bonchev–Trinajstić information content (AvgIpc) is 3.04. The van der Waals surface area contributed by atoms with Crippen LogP contribution in [0, 0.1) is 11.5 Å². The van der Waals surface area contributed by atoms with E-state index in [1.807, 2.05) is 30.5 Å². The maximum absolute atomic E-state index is 12.5. The lowest BCUT2D eigenvalue weighted by Crippen LogP contribution is -2.36. The number of fused-ring (bicyclic) bond motifs is 1. The maximum Gasteiger partial charge on any atom is 0.242 e. The molecule has 0 bridgehead atoms. The lowest BCUT2D eigenvalue weighted by atomic mass is 10.3. The zero-order valence-electron chi connectivity index (χ0n) is 10.6. The Bertz CT molecular complexity index is 776. The van der Waals surface area contributed by atoms with Gasteiger partial charge in [-0.15, -0.1) is 11.3 Å². The van der Waals surface area contributed by atoms with E-state index in [9.17, 15) is 8.42 Å². The third-order valence-corrected chi connectivity index (χ3v) is 6.06. The molecule has 1 fully saturated rings. The molecule has 1 saturated heterocycles. The summed E-state index contributed by atoms with van der Waals surface area (Å²) >= 11 is 1.42. The standard InChI is InChI=1S/C13H13N3O2S2/c14-9-16-6-5-10(7-16)15-20(17,18)13-8-19-12-4-2-1-3-11(12)13/h1-4,8,10,15H,5-7H2/t10-/m1/s1. The number of rotatable bonds is 3.